The molecule has 5 nitrogen and oxygen atoms in total. The van der Waals surface area contributed by atoms with Crippen molar-refractivity contribution in [2.24, 2.45) is 5.92 Å². The van der Waals surface area contributed by atoms with Crippen molar-refractivity contribution < 1.29 is 14.3 Å². The van der Waals surface area contributed by atoms with Crippen LogP contribution in [0.1, 0.15) is 30.6 Å². The molecule has 0 spiro atoms. The van der Waals surface area contributed by atoms with Crippen molar-refractivity contribution in [3.8, 4) is 0 Å². The molecule has 2 aromatic rings. The molecule has 0 aliphatic heterocycles. The highest BCUT2D eigenvalue weighted by molar-refractivity contribution is 7.99. The van der Waals surface area contributed by atoms with Gasteiger partial charge in [0.1, 0.15) is 5.03 Å². The minimum atomic E-state index is -0.550. The second-order valence-corrected chi connectivity index (χ2v) is 6.94. The van der Waals surface area contributed by atoms with Gasteiger partial charge in [0.2, 0.25) is 0 Å². The molecule has 6 heteroatoms. The topological polar surface area (TPSA) is 68.3 Å². The van der Waals surface area contributed by atoms with Gasteiger partial charge in [-0.2, -0.15) is 0 Å². The molecule has 1 aromatic carbocycles. The highest BCUT2D eigenvalue weighted by atomic mass is 32.2. The van der Waals surface area contributed by atoms with E-state index in [9.17, 15) is 9.59 Å². The Morgan fingerprint density at radius 3 is 2.64 bits per heavy atom. The molecule has 25 heavy (non-hydrogen) atoms. The highest BCUT2D eigenvalue weighted by Crippen LogP contribution is 2.28. The normalized spacial score (nSPS) is 10.5. The molecule has 1 aromatic heterocycles. The van der Waals surface area contributed by atoms with E-state index in [0.717, 1.165) is 11.3 Å². The summed E-state index contributed by atoms with van der Waals surface area (Å²) in [6.45, 7) is 4.46. The summed E-state index contributed by atoms with van der Waals surface area (Å²) >= 11 is 1.38. The van der Waals surface area contributed by atoms with Gasteiger partial charge in [-0.05, 0) is 36.6 Å². The monoisotopic (exact) mass is 358 g/mol. The second kappa shape index (κ2) is 9.84. The van der Waals surface area contributed by atoms with E-state index in [1.54, 1.807) is 18.3 Å². The third-order valence-corrected chi connectivity index (χ3v) is 4.35. The zero-order valence-corrected chi connectivity index (χ0v) is 15.2. The van der Waals surface area contributed by atoms with Crippen LogP contribution in [0, 0.1) is 5.92 Å². The number of hydrogen-bond acceptors (Lipinski definition) is 5. The average Bonchev–Trinajstić information content (AvgIpc) is 2.61. The first kappa shape index (κ1) is 19.0. The van der Waals surface area contributed by atoms with E-state index in [1.165, 1.54) is 11.8 Å². The Hall–Kier alpha value is -2.34. The Bertz CT molecular complexity index is 705. The summed E-state index contributed by atoms with van der Waals surface area (Å²) in [5.41, 5.74) is 0.353. The van der Waals surface area contributed by atoms with Crippen molar-refractivity contribution in [3.05, 3.63) is 54.2 Å². The van der Waals surface area contributed by atoms with Crippen LogP contribution in [0.15, 0.2) is 58.6 Å². The lowest BCUT2D eigenvalue weighted by molar-refractivity contribution is -0.124. The Morgan fingerprint density at radius 1 is 1.16 bits per heavy atom. The Kier molecular flexibility index (Phi) is 7.47. The molecule has 0 saturated heterocycles. The van der Waals surface area contributed by atoms with Crippen LogP contribution in [0.5, 0.6) is 0 Å². The van der Waals surface area contributed by atoms with Gasteiger partial charge in [0, 0.05) is 17.6 Å². The predicted octanol–water partition coefficient (Wildman–Crippen LogP) is 3.55. The Morgan fingerprint density at radius 2 is 1.92 bits per heavy atom. The Labute approximate surface area is 152 Å². The molecule has 0 aliphatic carbocycles. The lowest BCUT2D eigenvalue weighted by Crippen LogP contribution is -2.30. The van der Waals surface area contributed by atoms with E-state index in [0.29, 0.717) is 23.1 Å². The molecule has 0 aliphatic rings. The van der Waals surface area contributed by atoms with Crippen LogP contribution in [0.2, 0.25) is 0 Å². The third kappa shape index (κ3) is 6.58. The van der Waals surface area contributed by atoms with Gasteiger partial charge in [0.15, 0.2) is 6.61 Å². The molecule has 0 atom stereocenters. The largest absolute Gasteiger partial charge is 0.452 e. The van der Waals surface area contributed by atoms with E-state index in [1.807, 2.05) is 30.3 Å². The average molecular weight is 358 g/mol. The first-order valence-electron chi connectivity index (χ1n) is 8.18. The number of hydrogen-bond donors (Lipinski definition) is 1. The van der Waals surface area contributed by atoms with Gasteiger partial charge in [-0.25, -0.2) is 9.78 Å². The van der Waals surface area contributed by atoms with Crippen molar-refractivity contribution in [3.63, 3.8) is 0 Å². The van der Waals surface area contributed by atoms with Crippen molar-refractivity contribution in [2.45, 2.75) is 30.2 Å². The molecule has 1 N–H and O–H groups in total. The Balaban J connectivity index is 1.92. The van der Waals surface area contributed by atoms with Crippen LogP contribution in [0.25, 0.3) is 0 Å². The van der Waals surface area contributed by atoms with Gasteiger partial charge in [0.05, 0.1) is 5.56 Å². The van der Waals surface area contributed by atoms with Crippen LogP contribution < -0.4 is 5.32 Å². The van der Waals surface area contributed by atoms with Gasteiger partial charge in [-0.1, -0.05) is 43.8 Å². The van der Waals surface area contributed by atoms with Crippen LogP contribution in [0.4, 0.5) is 0 Å². The van der Waals surface area contributed by atoms with Gasteiger partial charge in [-0.15, -0.1) is 0 Å². The highest BCUT2D eigenvalue weighted by Gasteiger charge is 2.16. The standard InChI is InChI=1S/C19H22N2O3S/c1-14(2)10-12-20-17(22)13-24-19(23)16-9-6-11-21-18(16)25-15-7-4-3-5-8-15/h3-9,11,14H,10,12-13H2,1-2H3,(H,20,22). The number of nitrogens with zero attached hydrogens (tertiary/aromatic N) is 1. The minimum absolute atomic E-state index is 0.290. The molecular weight excluding hydrogens is 336 g/mol. The zero-order chi connectivity index (χ0) is 18.1. The molecule has 132 valence electrons. The van der Waals surface area contributed by atoms with Crippen molar-refractivity contribution in [1.29, 1.82) is 0 Å². The van der Waals surface area contributed by atoms with Crippen LogP contribution >= 0.6 is 11.8 Å². The number of aromatic nitrogens is 1. The summed E-state index contributed by atoms with van der Waals surface area (Å²) in [4.78, 5) is 29.2. The number of ether oxygens (including phenoxy) is 1. The van der Waals surface area contributed by atoms with E-state index in [2.05, 4.69) is 24.1 Å². The number of pyridine rings is 1. The summed E-state index contributed by atoms with van der Waals surface area (Å²) in [5.74, 6) is -0.337. The fourth-order valence-electron chi connectivity index (χ4n) is 1.99. The number of carbonyl (C=O) groups excluding carboxylic acids is 2. The van der Waals surface area contributed by atoms with E-state index in [4.69, 9.17) is 4.74 Å². The van der Waals surface area contributed by atoms with Crippen molar-refractivity contribution >= 4 is 23.6 Å². The number of rotatable bonds is 8. The molecule has 1 amide bonds. The third-order valence-electron chi connectivity index (χ3n) is 3.33. The zero-order valence-electron chi connectivity index (χ0n) is 14.4. The van der Waals surface area contributed by atoms with Crippen LogP contribution in [0.3, 0.4) is 0 Å². The van der Waals surface area contributed by atoms with Crippen LogP contribution in [-0.2, 0) is 9.53 Å². The van der Waals surface area contributed by atoms with E-state index < -0.39 is 5.97 Å². The molecule has 0 bridgehead atoms. The number of carbonyl (C=O) groups is 2. The number of esters is 1. The van der Waals surface area contributed by atoms with Crippen LogP contribution in [-0.4, -0.2) is 30.0 Å². The molecule has 0 unspecified atom stereocenters. The van der Waals surface area contributed by atoms with Gasteiger partial charge in [-0.3, -0.25) is 4.79 Å². The number of amides is 1. The lowest BCUT2D eigenvalue weighted by atomic mass is 10.1. The summed E-state index contributed by atoms with van der Waals surface area (Å²) in [6.07, 6.45) is 2.51. The minimum Gasteiger partial charge on any atom is -0.452 e. The maximum Gasteiger partial charge on any atom is 0.341 e. The van der Waals surface area contributed by atoms with Crippen molar-refractivity contribution in [2.75, 3.05) is 13.2 Å². The smallest absolute Gasteiger partial charge is 0.341 e. The summed E-state index contributed by atoms with van der Waals surface area (Å²) in [7, 11) is 0. The van der Waals surface area contributed by atoms with E-state index in [-0.39, 0.29) is 12.5 Å². The fraction of sp³-hybridized carbons (Fsp3) is 0.316. The van der Waals surface area contributed by atoms with Gasteiger partial charge >= 0.3 is 5.97 Å². The predicted molar refractivity (Wildman–Crippen MR) is 97.5 cm³/mol. The van der Waals surface area contributed by atoms with Crippen molar-refractivity contribution in [1.82, 2.24) is 10.3 Å². The molecule has 1 heterocycles. The van der Waals surface area contributed by atoms with Gasteiger partial charge in [0.25, 0.3) is 5.91 Å². The summed E-state index contributed by atoms with van der Waals surface area (Å²) in [6, 6.07) is 13.0. The first-order chi connectivity index (χ1) is 12.1. The lowest BCUT2D eigenvalue weighted by Gasteiger charge is -2.09. The number of benzene rings is 1. The first-order valence-corrected chi connectivity index (χ1v) is 8.99. The summed E-state index contributed by atoms with van der Waals surface area (Å²) < 4.78 is 5.12. The number of nitrogens with one attached hydrogen (secondary N) is 1. The second-order valence-electron chi connectivity index (χ2n) is 5.88. The van der Waals surface area contributed by atoms with E-state index >= 15 is 0 Å². The van der Waals surface area contributed by atoms with Gasteiger partial charge < -0.3 is 10.1 Å². The maximum absolute atomic E-state index is 12.3. The molecule has 0 saturated carbocycles. The quantitative estimate of drug-likeness (QED) is 0.731. The summed E-state index contributed by atoms with van der Waals surface area (Å²) in [5, 5.41) is 3.29. The molecule has 2 rings (SSSR count). The molecule has 0 radical (unpaired) electrons. The molecule has 0 fully saturated rings. The SMILES string of the molecule is CC(C)CCNC(=O)COC(=O)c1cccnc1Sc1ccccc1. The molecular formula is C19H22N2O3S. The maximum atomic E-state index is 12.3. The fourth-order valence-corrected chi connectivity index (χ4v) is 2.88.